The van der Waals surface area contributed by atoms with Gasteiger partial charge in [0.05, 0.1) is 0 Å². The van der Waals surface area contributed by atoms with E-state index in [1.54, 1.807) is 0 Å². The summed E-state index contributed by atoms with van der Waals surface area (Å²) in [6, 6.07) is 51.1. The number of hydrogen-bond acceptors (Lipinski definition) is 3. The summed E-state index contributed by atoms with van der Waals surface area (Å²) < 4.78 is 0. The Morgan fingerprint density at radius 2 is 0.600 bits per heavy atom. The Kier molecular flexibility index (Phi) is 7.59. The summed E-state index contributed by atoms with van der Waals surface area (Å²) in [4.78, 5) is 15.0. The fraction of sp³-hybridized carbons (Fsp3) is 0.0714. The summed E-state index contributed by atoms with van der Waals surface area (Å²) in [5.41, 5.74) is 13.6. The molecule has 216 valence electrons. The van der Waals surface area contributed by atoms with Gasteiger partial charge in [0.15, 0.2) is 17.5 Å². The molecule has 0 fully saturated rings. The van der Waals surface area contributed by atoms with E-state index in [9.17, 15) is 0 Å². The third-order valence-corrected chi connectivity index (χ3v) is 8.16. The summed E-state index contributed by atoms with van der Waals surface area (Å²) in [5.74, 6) is 1.94. The van der Waals surface area contributed by atoms with Crippen molar-refractivity contribution in [2.75, 3.05) is 0 Å². The van der Waals surface area contributed by atoms with Crippen LogP contribution in [0.1, 0.15) is 16.7 Å². The monoisotopic (exact) mass is 579 g/mol. The molecule has 0 aliphatic heterocycles. The molecule has 0 aliphatic rings. The summed E-state index contributed by atoms with van der Waals surface area (Å²) in [7, 11) is 0. The van der Waals surface area contributed by atoms with Crippen LogP contribution in [0.25, 0.3) is 67.5 Å². The first kappa shape index (κ1) is 28.1. The lowest BCUT2D eigenvalue weighted by atomic mass is 10.0. The molecule has 0 atom stereocenters. The number of rotatable bonds is 6. The summed E-state index contributed by atoms with van der Waals surface area (Å²) in [6.07, 6.45) is 0. The predicted octanol–water partition coefficient (Wildman–Crippen LogP) is 10.8. The van der Waals surface area contributed by atoms with Crippen molar-refractivity contribution in [2.24, 2.45) is 0 Å². The third-order valence-electron chi connectivity index (χ3n) is 8.16. The van der Waals surface area contributed by atoms with Gasteiger partial charge < -0.3 is 0 Å². The van der Waals surface area contributed by atoms with Gasteiger partial charge in [-0.3, -0.25) is 0 Å². The smallest absolute Gasteiger partial charge is 0.164 e. The van der Waals surface area contributed by atoms with Gasteiger partial charge in [-0.05, 0) is 60.2 Å². The molecular formula is C42H33N3. The minimum atomic E-state index is 0.647. The lowest BCUT2D eigenvalue weighted by Gasteiger charge is -2.11. The Morgan fingerprint density at radius 3 is 1.04 bits per heavy atom. The number of benzene rings is 6. The first-order valence-corrected chi connectivity index (χ1v) is 15.3. The first-order chi connectivity index (χ1) is 22.0. The molecule has 0 radical (unpaired) electrons. The van der Waals surface area contributed by atoms with Gasteiger partial charge in [-0.15, -0.1) is 0 Å². The molecule has 1 heterocycles. The first-order valence-electron chi connectivity index (χ1n) is 15.3. The van der Waals surface area contributed by atoms with Crippen molar-refractivity contribution in [3.63, 3.8) is 0 Å². The number of nitrogens with zero attached hydrogens (tertiary/aromatic N) is 3. The largest absolute Gasteiger partial charge is 0.208 e. The van der Waals surface area contributed by atoms with Gasteiger partial charge in [0.25, 0.3) is 0 Å². The third kappa shape index (κ3) is 6.20. The zero-order valence-corrected chi connectivity index (χ0v) is 25.7. The fourth-order valence-electron chi connectivity index (χ4n) is 5.54. The second-order valence-electron chi connectivity index (χ2n) is 11.6. The molecule has 0 saturated heterocycles. The van der Waals surface area contributed by atoms with Gasteiger partial charge in [-0.25, -0.2) is 15.0 Å². The van der Waals surface area contributed by atoms with Crippen molar-refractivity contribution < 1.29 is 0 Å². The van der Waals surface area contributed by atoms with E-state index in [0.29, 0.717) is 17.5 Å². The van der Waals surface area contributed by atoms with Crippen LogP contribution < -0.4 is 0 Å². The topological polar surface area (TPSA) is 38.7 Å². The van der Waals surface area contributed by atoms with E-state index < -0.39 is 0 Å². The molecule has 45 heavy (non-hydrogen) atoms. The fourth-order valence-corrected chi connectivity index (χ4v) is 5.54. The van der Waals surface area contributed by atoms with Crippen LogP contribution in [0.3, 0.4) is 0 Å². The van der Waals surface area contributed by atoms with E-state index in [1.807, 2.05) is 0 Å². The van der Waals surface area contributed by atoms with E-state index in [1.165, 1.54) is 33.4 Å². The molecule has 0 aliphatic carbocycles. The SMILES string of the molecule is Cc1ccc(-c2ccc(-c3nc(-c4ccc(-c5ccc(C)cc5)cc4)nc(-c4cccc(-c5cccc(C)c5)c4)n3)cc2)cc1. The molecule has 0 unspecified atom stereocenters. The van der Waals surface area contributed by atoms with Crippen molar-refractivity contribution in [3.8, 4) is 67.5 Å². The molecule has 7 rings (SSSR count). The predicted molar refractivity (Wildman–Crippen MR) is 187 cm³/mol. The van der Waals surface area contributed by atoms with E-state index >= 15 is 0 Å². The quantitative estimate of drug-likeness (QED) is 0.197. The van der Waals surface area contributed by atoms with Gasteiger partial charge in [0.2, 0.25) is 0 Å². The summed E-state index contributed by atoms with van der Waals surface area (Å²) in [5, 5.41) is 0. The normalized spacial score (nSPS) is 11.0. The minimum Gasteiger partial charge on any atom is -0.208 e. The molecule has 0 amide bonds. The van der Waals surface area contributed by atoms with Crippen molar-refractivity contribution in [1.29, 1.82) is 0 Å². The van der Waals surface area contributed by atoms with E-state index in [-0.39, 0.29) is 0 Å². The molecule has 7 aromatic rings. The zero-order valence-electron chi connectivity index (χ0n) is 25.7. The van der Waals surface area contributed by atoms with E-state index in [4.69, 9.17) is 15.0 Å². The Balaban J connectivity index is 1.30. The Hall–Kier alpha value is -5.67. The van der Waals surface area contributed by atoms with Crippen molar-refractivity contribution >= 4 is 0 Å². The van der Waals surface area contributed by atoms with Crippen LogP contribution >= 0.6 is 0 Å². The molecule has 3 heteroatoms. The van der Waals surface area contributed by atoms with E-state index in [2.05, 4.69) is 166 Å². The van der Waals surface area contributed by atoms with Gasteiger partial charge in [-0.2, -0.15) is 0 Å². The van der Waals surface area contributed by atoms with Crippen LogP contribution in [0, 0.1) is 20.8 Å². The Labute approximate surface area is 265 Å². The van der Waals surface area contributed by atoms with Crippen molar-refractivity contribution in [2.45, 2.75) is 20.8 Å². The highest BCUT2D eigenvalue weighted by Gasteiger charge is 2.14. The van der Waals surface area contributed by atoms with E-state index in [0.717, 1.165) is 33.4 Å². The number of aryl methyl sites for hydroxylation is 3. The highest BCUT2D eigenvalue weighted by atomic mass is 15.0. The Bertz CT molecular complexity index is 1990. The molecular weight excluding hydrogens is 546 g/mol. The molecule has 0 saturated carbocycles. The average molecular weight is 580 g/mol. The molecule has 6 aromatic carbocycles. The standard InChI is InChI=1S/C42H33N3/c1-28-10-14-31(15-11-28)33-18-22-35(23-19-33)40-43-41(36-24-20-34(21-25-36)32-16-12-29(2)13-17-32)45-42(44-40)39-9-5-8-38(27-39)37-7-4-6-30(3)26-37/h4-27H,1-3H3. The van der Waals surface area contributed by atoms with Crippen LogP contribution in [0.4, 0.5) is 0 Å². The van der Waals surface area contributed by atoms with Crippen molar-refractivity contribution in [1.82, 2.24) is 15.0 Å². The highest BCUT2D eigenvalue weighted by Crippen LogP contribution is 2.30. The van der Waals surface area contributed by atoms with Crippen LogP contribution in [0.15, 0.2) is 146 Å². The lowest BCUT2D eigenvalue weighted by Crippen LogP contribution is -2.00. The van der Waals surface area contributed by atoms with Crippen molar-refractivity contribution in [3.05, 3.63) is 162 Å². The molecule has 1 aromatic heterocycles. The van der Waals surface area contributed by atoms with Gasteiger partial charge in [-0.1, -0.05) is 156 Å². The number of hydrogen-bond donors (Lipinski definition) is 0. The Morgan fingerprint density at radius 1 is 0.267 bits per heavy atom. The second-order valence-corrected chi connectivity index (χ2v) is 11.6. The molecule has 0 bridgehead atoms. The van der Waals surface area contributed by atoms with Crippen LogP contribution in [-0.4, -0.2) is 15.0 Å². The maximum absolute atomic E-state index is 5.02. The molecule has 3 nitrogen and oxygen atoms in total. The summed E-state index contributed by atoms with van der Waals surface area (Å²) in [6.45, 7) is 6.33. The number of aromatic nitrogens is 3. The maximum atomic E-state index is 5.02. The highest BCUT2D eigenvalue weighted by molar-refractivity contribution is 5.75. The molecule has 0 N–H and O–H groups in total. The van der Waals surface area contributed by atoms with Crippen LogP contribution in [0.5, 0.6) is 0 Å². The second kappa shape index (κ2) is 12.1. The maximum Gasteiger partial charge on any atom is 0.164 e. The van der Waals surface area contributed by atoms with Crippen LogP contribution in [-0.2, 0) is 0 Å². The molecule has 0 spiro atoms. The van der Waals surface area contributed by atoms with Gasteiger partial charge in [0.1, 0.15) is 0 Å². The van der Waals surface area contributed by atoms with Gasteiger partial charge in [0, 0.05) is 16.7 Å². The lowest BCUT2D eigenvalue weighted by molar-refractivity contribution is 1.07. The minimum absolute atomic E-state index is 0.647. The average Bonchev–Trinajstić information content (AvgIpc) is 3.09. The summed E-state index contributed by atoms with van der Waals surface area (Å²) >= 11 is 0. The zero-order chi connectivity index (χ0) is 30.8. The van der Waals surface area contributed by atoms with Crippen LogP contribution in [0.2, 0.25) is 0 Å². The van der Waals surface area contributed by atoms with Gasteiger partial charge >= 0.3 is 0 Å².